The molecule has 0 saturated heterocycles. The number of carbonyl (C=O) groups excluding carboxylic acids is 2. The molecule has 0 amide bonds. The first-order valence-corrected chi connectivity index (χ1v) is 5.86. The summed E-state index contributed by atoms with van der Waals surface area (Å²) in [6, 6.07) is 3.23. The number of hydrogen-bond acceptors (Lipinski definition) is 5. The maximum Gasteiger partial charge on any atom is 0.170 e. The van der Waals surface area contributed by atoms with E-state index in [1.807, 2.05) is 0 Å². The molecule has 0 atom stereocenters. The van der Waals surface area contributed by atoms with E-state index in [2.05, 4.69) is 0 Å². The van der Waals surface area contributed by atoms with Gasteiger partial charge in [-0.2, -0.15) is 0 Å². The highest BCUT2D eigenvalue weighted by molar-refractivity contribution is 6.02. The number of ether oxygens (including phenoxy) is 3. The van der Waals surface area contributed by atoms with Crippen LogP contribution >= 0.6 is 0 Å². The maximum absolute atomic E-state index is 12.2. The highest BCUT2D eigenvalue weighted by Crippen LogP contribution is 2.35. The Balaban J connectivity index is 3.16. The Kier molecular flexibility index (Phi) is 5.36. The van der Waals surface area contributed by atoms with Gasteiger partial charge in [-0.3, -0.25) is 4.79 Å². The number of rotatable bonds is 7. The summed E-state index contributed by atoms with van der Waals surface area (Å²) >= 11 is 0. The maximum atomic E-state index is 12.2. The standard InChI is InChI=1S/C14H18O5/c1-9(15)5-6-11(16)14-12(18-3)7-10(17-2)8-13(14)19-4/h7-8H,5-6H2,1-4H3. The first kappa shape index (κ1) is 15.0. The van der Waals surface area contributed by atoms with Gasteiger partial charge in [-0.1, -0.05) is 0 Å². The molecule has 1 rings (SSSR count). The summed E-state index contributed by atoms with van der Waals surface area (Å²) in [7, 11) is 4.46. The van der Waals surface area contributed by atoms with E-state index in [1.54, 1.807) is 12.1 Å². The number of carbonyl (C=O) groups is 2. The Morgan fingerprint density at radius 1 is 0.947 bits per heavy atom. The van der Waals surface area contributed by atoms with Crippen LogP contribution in [0, 0.1) is 0 Å². The van der Waals surface area contributed by atoms with Gasteiger partial charge in [0.1, 0.15) is 28.6 Å². The summed E-state index contributed by atoms with van der Waals surface area (Å²) in [5.41, 5.74) is 0.340. The van der Waals surface area contributed by atoms with Crippen LogP contribution < -0.4 is 14.2 Å². The number of benzene rings is 1. The molecule has 5 nitrogen and oxygen atoms in total. The van der Waals surface area contributed by atoms with E-state index in [-0.39, 0.29) is 24.4 Å². The fraction of sp³-hybridized carbons (Fsp3) is 0.429. The highest BCUT2D eigenvalue weighted by Gasteiger charge is 2.20. The predicted octanol–water partition coefficient (Wildman–Crippen LogP) is 2.26. The van der Waals surface area contributed by atoms with Crippen molar-refractivity contribution in [3.63, 3.8) is 0 Å². The molecule has 0 bridgehead atoms. The third kappa shape index (κ3) is 3.71. The minimum Gasteiger partial charge on any atom is -0.496 e. The van der Waals surface area contributed by atoms with Gasteiger partial charge in [0.05, 0.1) is 21.3 Å². The summed E-state index contributed by atoms with van der Waals surface area (Å²) in [6.45, 7) is 1.45. The first-order valence-electron chi connectivity index (χ1n) is 5.86. The van der Waals surface area contributed by atoms with Crippen LogP contribution in [0.4, 0.5) is 0 Å². The van der Waals surface area contributed by atoms with Gasteiger partial charge in [0.2, 0.25) is 0 Å². The Bertz CT molecular complexity index is 454. The van der Waals surface area contributed by atoms with Gasteiger partial charge in [-0.15, -0.1) is 0 Å². The van der Waals surface area contributed by atoms with Gasteiger partial charge in [-0.25, -0.2) is 0 Å². The summed E-state index contributed by atoms with van der Waals surface area (Å²) in [6.07, 6.45) is 0.339. The molecule has 19 heavy (non-hydrogen) atoms. The van der Waals surface area contributed by atoms with E-state index in [0.717, 1.165) is 0 Å². The van der Waals surface area contributed by atoms with Crippen LogP contribution in [0.3, 0.4) is 0 Å². The van der Waals surface area contributed by atoms with E-state index >= 15 is 0 Å². The lowest BCUT2D eigenvalue weighted by atomic mass is 10.0. The molecule has 0 saturated carbocycles. The van der Waals surface area contributed by atoms with Crippen LogP contribution in [0.25, 0.3) is 0 Å². The molecule has 1 aromatic carbocycles. The van der Waals surface area contributed by atoms with Crippen molar-refractivity contribution >= 4 is 11.6 Å². The molecule has 0 unspecified atom stereocenters. The van der Waals surface area contributed by atoms with Crippen LogP contribution in [0.5, 0.6) is 17.2 Å². The fourth-order valence-electron chi connectivity index (χ4n) is 1.70. The third-order valence-electron chi connectivity index (χ3n) is 2.70. The van der Waals surface area contributed by atoms with Gasteiger partial charge in [-0.05, 0) is 6.92 Å². The minimum atomic E-state index is -0.188. The van der Waals surface area contributed by atoms with E-state index in [4.69, 9.17) is 14.2 Å². The topological polar surface area (TPSA) is 61.8 Å². The monoisotopic (exact) mass is 266 g/mol. The lowest BCUT2D eigenvalue weighted by Gasteiger charge is -2.14. The molecule has 0 N–H and O–H groups in total. The third-order valence-corrected chi connectivity index (χ3v) is 2.70. The smallest absolute Gasteiger partial charge is 0.170 e. The van der Waals surface area contributed by atoms with E-state index in [9.17, 15) is 9.59 Å². The predicted molar refractivity (Wildman–Crippen MR) is 70.3 cm³/mol. The van der Waals surface area contributed by atoms with Gasteiger partial charge >= 0.3 is 0 Å². The van der Waals surface area contributed by atoms with Crippen LogP contribution in [-0.2, 0) is 4.79 Å². The number of hydrogen-bond donors (Lipinski definition) is 0. The molecular formula is C14H18O5. The van der Waals surface area contributed by atoms with Crippen LogP contribution in [0.2, 0.25) is 0 Å². The van der Waals surface area contributed by atoms with Crippen molar-refractivity contribution in [3.8, 4) is 17.2 Å². The van der Waals surface area contributed by atoms with E-state index in [1.165, 1.54) is 28.3 Å². The normalized spacial score (nSPS) is 9.89. The molecule has 0 aliphatic heterocycles. The molecule has 0 radical (unpaired) electrons. The second-order valence-electron chi connectivity index (χ2n) is 4.03. The Hall–Kier alpha value is -2.04. The van der Waals surface area contributed by atoms with Crippen molar-refractivity contribution in [1.82, 2.24) is 0 Å². The molecule has 0 aliphatic rings. The zero-order valence-corrected chi connectivity index (χ0v) is 11.6. The first-order chi connectivity index (χ1) is 9.03. The van der Waals surface area contributed by atoms with Crippen molar-refractivity contribution in [1.29, 1.82) is 0 Å². The van der Waals surface area contributed by atoms with E-state index < -0.39 is 0 Å². The minimum absolute atomic E-state index is 0.0280. The lowest BCUT2D eigenvalue weighted by Crippen LogP contribution is -2.07. The number of ketones is 2. The Morgan fingerprint density at radius 2 is 1.47 bits per heavy atom. The summed E-state index contributed by atoms with van der Waals surface area (Å²) in [5, 5.41) is 0. The highest BCUT2D eigenvalue weighted by atomic mass is 16.5. The van der Waals surface area contributed by atoms with E-state index in [0.29, 0.717) is 22.8 Å². The molecule has 1 aromatic rings. The average molecular weight is 266 g/mol. The van der Waals surface area contributed by atoms with Gasteiger partial charge in [0.15, 0.2) is 5.78 Å². The summed E-state index contributed by atoms with van der Waals surface area (Å²) < 4.78 is 15.5. The molecule has 5 heteroatoms. The van der Waals surface area contributed by atoms with Gasteiger partial charge in [0.25, 0.3) is 0 Å². The molecule has 0 fully saturated rings. The van der Waals surface area contributed by atoms with Crippen LogP contribution in [0.1, 0.15) is 30.1 Å². The van der Waals surface area contributed by atoms with Crippen molar-refractivity contribution in [2.24, 2.45) is 0 Å². The van der Waals surface area contributed by atoms with Crippen molar-refractivity contribution in [2.75, 3.05) is 21.3 Å². The molecular weight excluding hydrogens is 248 g/mol. The zero-order valence-electron chi connectivity index (χ0n) is 11.6. The van der Waals surface area contributed by atoms with Gasteiger partial charge < -0.3 is 19.0 Å². The fourth-order valence-corrected chi connectivity index (χ4v) is 1.70. The lowest BCUT2D eigenvalue weighted by molar-refractivity contribution is -0.116. The van der Waals surface area contributed by atoms with Crippen molar-refractivity contribution in [2.45, 2.75) is 19.8 Å². The second-order valence-corrected chi connectivity index (χ2v) is 4.03. The SMILES string of the molecule is COc1cc(OC)c(C(=O)CCC(C)=O)c(OC)c1. The van der Waals surface area contributed by atoms with Gasteiger partial charge in [0, 0.05) is 25.0 Å². The molecule has 104 valence electrons. The second kappa shape index (κ2) is 6.78. The quantitative estimate of drug-likeness (QED) is 0.708. The zero-order chi connectivity index (χ0) is 14.4. The van der Waals surface area contributed by atoms with Crippen LogP contribution in [0.15, 0.2) is 12.1 Å². The molecule has 0 aromatic heterocycles. The van der Waals surface area contributed by atoms with Crippen molar-refractivity contribution < 1.29 is 23.8 Å². The average Bonchev–Trinajstić information content (AvgIpc) is 2.42. The molecule has 0 heterocycles. The summed E-state index contributed by atoms with van der Waals surface area (Å²) in [5.74, 6) is 1.08. The molecule has 0 aliphatic carbocycles. The Morgan fingerprint density at radius 3 is 1.84 bits per heavy atom. The van der Waals surface area contributed by atoms with Crippen molar-refractivity contribution in [3.05, 3.63) is 17.7 Å². The summed E-state index contributed by atoms with van der Waals surface area (Å²) in [4.78, 5) is 23.1. The Labute approximate surface area is 112 Å². The molecule has 0 spiro atoms. The number of methoxy groups -OCH3 is 3. The van der Waals surface area contributed by atoms with Crippen LogP contribution in [-0.4, -0.2) is 32.9 Å². The number of Topliss-reactive ketones (excluding diaryl/α,β-unsaturated/α-hetero) is 2. The largest absolute Gasteiger partial charge is 0.496 e.